The largest absolute Gasteiger partial charge is 0.292 e. The summed E-state index contributed by atoms with van der Waals surface area (Å²) in [7, 11) is 0. The highest BCUT2D eigenvalue weighted by Gasteiger charge is 2.37. The number of nitro benzene ring substituents is 1. The molecule has 0 bridgehead atoms. The van der Waals surface area contributed by atoms with Crippen LogP contribution in [0.5, 0.6) is 0 Å². The third kappa shape index (κ3) is 2.48. The second-order valence-electron chi connectivity index (χ2n) is 4.97. The van der Waals surface area contributed by atoms with Gasteiger partial charge in [-0.2, -0.15) is 0 Å². The van der Waals surface area contributed by atoms with Crippen LogP contribution in [-0.2, 0) is 0 Å². The average Bonchev–Trinajstić information content (AvgIpc) is 2.80. The maximum absolute atomic E-state index is 12.3. The molecule has 0 fully saturated rings. The van der Waals surface area contributed by atoms with Gasteiger partial charge >= 0.3 is 0 Å². The lowest BCUT2D eigenvalue weighted by molar-refractivity contribution is -0.384. The first-order valence-corrected chi connectivity index (χ1v) is 6.72. The summed E-state index contributed by atoms with van der Waals surface area (Å²) in [5.41, 5.74) is 0.127. The van der Waals surface area contributed by atoms with Gasteiger partial charge in [0.25, 0.3) is 17.5 Å². The molecule has 0 unspecified atom stereocenters. The van der Waals surface area contributed by atoms with E-state index in [0.29, 0.717) is 5.56 Å². The smallest absolute Gasteiger partial charge is 0.270 e. The number of fused-ring (bicyclic) bond motifs is 1. The van der Waals surface area contributed by atoms with E-state index < -0.39 is 23.3 Å². The monoisotopic (exact) mass is 310 g/mol. The summed E-state index contributed by atoms with van der Waals surface area (Å²) in [5.74, 6) is -1.70. The van der Waals surface area contributed by atoms with Gasteiger partial charge in [0.1, 0.15) is 0 Å². The minimum absolute atomic E-state index is 0.0509. The van der Waals surface area contributed by atoms with Gasteiger partial charge in [0.15, 0.2) is 5.78 Å². The van der Waals surface area contributed by atoms with Crippen molar-refractivity contribution in [3.63, 3.8) is 0 Å². The van der Waals surface area contributed by atoms with Gasteiger partial charge in [0, 0.05) is 17.7 Å². The average molecular weight is 310 g/mol. The zero-order valence-corrected chi connectivity index (χ0v) is 11.8. The molecule has 2 amide bonds. The Morgan fingerprint density at radius 2 is 1.65 bits per heavy atom. The number of amides is 2. The lowest BCUT2D eigenvalue weighted by Crippen LogP contribution is -2.34. The molecule has 0 spiro atoms. The van der Waals surface area contributed by atoms with Crippen molar-refractivity contribution in [2.24, 2.45) is 0 Å². The Morgan fingerprint density at radius 3 is 2.30 bits per heavy atom. The number of ketones is 1. The number of carbonyl (C=O) groups is 3. The van der Waals surface area contributed by atoms with Gasteiger partial charge in [0.2, 0.25) is 0 Å². The minimum atomic E-state index is -0.696. The molecule has 0 aromatic heterocycles. The van der Waals surface area contributed by atoms with E-state index in [9.17, 15) is 24.5 Å². The van der Waals surface area contributed by atoms with E-state index in [1.807, 2.05) is 0 Å². The predicted octanol–water partition coefficient (Wildman–Crippen LogP) is 2.07. The molecule has 3 rings (SSSR count). The molecule has 1 heterocycles. The number of non-ortho nitro benzene ring substituents is 1. The molecule has 1 aliphatic heterocycles. The van der Waals surface area contributed by atoms with Crippen molar-refractivity contribution in [3.05, 3.63) is 75.3 Å². The van der Waals surface area contributed by atoms with Crippen LogP contribution in [0.4, 0.5) is 5.69 Å². The first-order valence-electron chi connectivity index (χ1n) is 6.72. The lowest BCUT2D eigenvalue weighted by Gasteiger charge is -2.12. The predicted molar refractivity (Wildman–Crippen MR) is 79.2 cm³/mol. The number of imide groups is 1. The fourth-order valence-corrected chi connectivity index (χ4v) is 2.39. The SMILES string of the molecule is O=C(CN1C(=O)c2ccc([N+](=O)[O-])cc2C1=O)c1ccccc1. The normalized spacial score (nSPS) is 13.1. The second kappa shape index (κ2) is 5.45. The Morgan fingerprint density at radius 1 is 1.00 bits per heavy atom. The van der Waals surface area contributed by atoms with E-state index >= 15 is 0 Å². The standard InChI is InChI=1S/C16H10N2O5/c19-14(10-4-2-1-3-5-10)9-17-15(20)12-7-6-11(18(22)23)8-13(12)16(17)21/h1-8H,9H2. The maximum atomic E-state index is 12.3. The van der Waals surface area contributed by atoms with Crippen LogP contribution in [0.1, 0.15) is 31.1 Å². The van der Waals surface area contributed by atoms with Crippen molar-refractivity contribution in [2.45, 2.75) is 0 Å². The van der Waals surface area contributed by atoms with Crippen molar-refractivity contribution in [3.8, 4) is 0 Å². The van der Waals surface area contributed by atoms with Gasteiger partial charge in [0.05, 0.1) is 22.6 Å². The molecule has 2 aromatic rings. The fraction of sp³-hybridized carbons (Fsp3) is 0.0625. The van der Waals surface area contributed by atoms with Crippen LogP contribution in [0.15, 0.2) is 48.5 Å². The zero-order valence-electron chi connectivity index (χ0n) is 11.8. The molecule has 7 heteroatoms. The lowest BCUT2D eigenvalue weighted by atomic mass is 10.1. The molecular formula is C16H10N2O5. The Balaban J connectivity index is 1.88. The number of Topliss-reactive ketones (excluding diaryl/α,β-unsaturated/α-hetero) is 1. The van der Waals surface area contributed by atoms with E-state index in [0.717, 1.165) is 17.0 Å². The van der Waals surface area contributed by atoms with Crippen molar-refractivity contribution < 1.29 is 19.3 Å². The van der Waals surface area contributed by atoms with Crippen molar-refractivity contribution in [1.29, 1.82) is 0 Å². The third-order valence-corrected chi connectivity index (χ3v) is 3.56. The summed E-state index contributed by atoms with van der Waals surface area (Å²) in [6.45, 7) is -0.399. The summed E-state index contributed by atoms with van der Waals surface area (Å²) in [6.07, 6.45) is 0. The van der Waals surface area contributed by atoms with Crippen LogP contribution >= 0.6 is 0 Å². The summed E-state index contributed by atoms with van der Waals surface area (Å²) < 4.78 is 0. The van der Waals surface area contributed by atoms with Gasteiger partial charge in [-0.25, -0.2) is 0 Å². The Bertz CT molecular complexity index is 845. The minimum Gasteiger partial charge on any atom is -0.292 e. The Labute approximate surface area is 130 Å². The molecule has 0 saturated carbocycles. The Kier molecular flexibility index (Phi) is 3.46. The molecule has 1 aliphatic rings. The molecule has 114 valence electrons. The third-order valence-electron chi connectivity index (χ3n) is 3.56. The molecule has 0 atom stereocenters. The molecule has 0 aliphatic carbocycles. The highest BCUT2D eigenvalue weighted by atomic mass is 16.6. The number of hydrogen-bond acceptors (Lipinski definition) is 5. The van der Waals surface area contributed by atoms with Crippen LogP contribution in [-0.4, -0.2) is 34.0 Å². The van der Waals surface area contributed by atoms with E-state index in [4.69, 9.17) is 0 Å². The highest BCUT2D eigenvalue weighted by Crippen LogP contribution is 2.26. The number of carbonyl (C=O) groups excluding carboxylic acids is 3. The van der Waals surface area contributed by atoms with Crippen LogP contribution in [0, 0.1) is 10.1 Å². The quantitative estimate of drug-likeness (QED) is 0.373. The second-order valence-corrected chi connectivity index (χ2v) is 4.97. The number of nitrogens with zero attached hydrogens (tertiary/aromatic N) is 2. The molecule has 0 radical (unpaired) electrons. The van der Waals surface area contributed by atoms with Crippen LogP contribution in [0.2, 0.25) is 0 Å². The van der Waals surface area contributed by atoms with Gasteiger partial charge in [-0.3, -0.25) is 29.4 Å². The zero-order chi connectivity index (χ0) is 16.6. The summed E-state index contributed by atoms with van der Waals surface area (Å²) in [6, 6.07) is 11.7. The van der Waals surface area contributed by atoms with Crippen LogP contribution in [0.25, 0.3) is 0 Å². The molecule has 0 saturated heterocycles. The number of nitro groups is 1. The summed E-state index contributed by atoms with van der Waals surface area (Å²) >= 11 is 0. The van der Waals surface area contributed by atoms with E-state index in [-0.39, 0.29) is 22.6 Å². The topological polar surface area (TPSA) is 97.6 Å². The fourth-order valence-electron chi connectivity index (χ4n) is 2.39. The van der Waals surface area contributed by atoms with E-state index in [1.54, 1.807) is 30.3 Å². The van der Waals surface area contributed by atoms with Crippen molar-refractivity contribution in [2.75, 3.05) is 6.54 Å². The number of rotatable bonds is 4. The Hall–Kier alpha value is -3.35. The van der Waals surface area contributed by atoms with E-state index in [2.05, 4.69) is 0 Å². The van der Waals surface area contributed by atoms with Gasteiger partial charge in [-0.1, -0.05) is 30.3 Å². The van der Waals surface area contributed by atoms with Gasteiger partial charge in [-0.15, -0.1) is 0 Å². The highest BCUT2D eigenvalue weighted by molar-refractivity contribution is 6.23. The first kappa shape index (κ1) is 14.6. The van der Waals surface area contributed by atoms with Crippen LogP contribution < -0.4 is 0 Å². The molecule has 2 aromatic carbocycles. The number of benzene rings is 2. The summed E-state index contributed by atoms with van der Waals surface area (Å²) in [5, 5.41) is 10.8. The summed E-state index contributed by atoms with van der Waals surface area (Å²) in [4.78, 5) is 47.6. The van der Waals surface area contributed by atoms with Crippen molar-refractivity contribution in [1.82, 2.24) is 4.90 Å². The van der Waals surface area contributed by atoms with Gasteiger partial charge < -0.3 is 0 Å². The molecule has 0 N–H and O–H groups in total. The maximum Gasteiger partial charge on any atom is 0.270 e. The van der Waals surface area contributed by atoms with Crippen molar-refractivity contribution >= 4 is 23.3 Å². The first-order chi connectivity index (χ1) is 11.0. The molecular weight excluding hydrogens is 300 g/mol. The van der Waals surface area contributed by atoms with Crippen LogP contribution in [0.3, 0.4) is 0 Å². The van der Waals surface area contributed by atoms with Gasteiger partial charge in [-0.05, 0) is 6.07 Å². The molecule has 23 heavy (non-hydrogen) atoms. The molecule has 7 nitrogen and oxygen atoms in total. The number of hydrogen-bond donors (Lipinski definition) is 0. The van der Waals surface area contributed by atoms with E-state index in [1.165, 1.54) is 6.07 Å².